The Hall–Kier alpha value is -0.830. The summed E-state index contributed by atoms with van der Waals surface area (Å²) in [5.41, 5.74) is 2.60. The quantitative estimate of drug-likeness (QED) is 0.757. The first kappa shape index (κ1) is 8.75. The Morgan fingerprint density at radius 3 is 2.85 bits per heavy atom. The number of hydrogen-bond donors (Lipinski definition) is 1. The number of carbonyl (C=O) groups is 1. The molecule has 0 bridgehead atoms. The molecule has 0 unspecified atom stereocenters. The van der Waals surface area contributed by atoms with E-state index < -0.39 is 0 Å². The van der Waals surface area contributed by atoms with Crippen LogP contribution in [0, 0.1) is 6.92 Å². The number of phenols is 1. The van der Waals surface area contributed by atoms with E-state index in [1.54, 1.807) is 0 Å². The fourth-order valence-electron chi connectivity index (χ4n) is 1.79. The first-order valence-electron chi connectivity index (χ1n) is 4.15. The van der Waals surface area contributed by atoms with Crippen molar-refractivity contribution in [2.24, 2.45) is 0 Å². The van der Waals surface area contributed by atoms with E-state index in [1.807, 2.05) is 13.0 Å². The number of aromatic hydroxyl groups is 1. The van der Waals surface area contributed by atoms with Crippen LogP contribution in [0.3, 0.4) is 0 Å². The molecule has 0 aromatic heterocycles. The highest BCUT2D eigenvalue weighted by molar-refractivity contribution is 9.10. The van der Waals surface area contributed by atoms with Gasteiger partial charge in [-0.05, 0) is 46.5 Å². The van der Waals surface area contributed by atoms with E-state index in [-0.39, 0.29) is 11.5 Å². The number of halogens is 1. The van der Waals surface area contributed by atoms with E-state index in [0.29, 0.717) is 16.5 Å². The van der Waals surface area contributed by atoms with Gasteiger partial charge in [-0.15, -0.1) is 0 Å². The van der Waals surface area contributed by atoms with E-state index in [9.17, 15) is 9.90 Å². The Morgan fingerprint density at radius 2 is 2.15 bits per heavy atom. The molecule has 1 aliphatic rings. The molecule has 0 spiro atoms. The maximum absolute atomic E-state index is 11.4. The topological polar surface area (TPSA) is 37.3 Å². The van der Waals surface area contributed by atoms with Crippen molar-refractivity contribution in [1.82, 2.24) is 0 Å². The molecule has 0 amide bonds. The Labute approximate surface area is 84.7 Å². The molecule has 1 aliphatic carbocycles. The Kier molecular flexibility index (Phi) is 1.91. The van der Waals surface area contributed by atoms with Crippen LogP contribution in [-0.2, 0) is 6.42 Å². The Morgan fingerprint density at radius 1 is 1.46 bits per heavy atom. The van der Waals surface area contributed by atoms with Gasteiger partial charge in [-0.25, -0.2) is 0 Å². The lowest BCUT2D eigenvalue weighted by atomic mass is 10.0. The molecule has 2 nitrogen and oxygen atoms in total. The molecule has 3 heteroatoms. The Bertz CT molecular complexity index is 396. The number of phenolic OH excluding ortho intramolecular Hbond substituents is 1. The summed E-state index contributed by atoms with van der Waals surface area (Å²) in [6, 6.07) is 1.85. The predicted octanol–water partition coefficient (Wildman–Crippen LogP) is 2.59. The van der Waals surface area contributed by atoms with Crippen molar-refractivity contribution in [2.75, 3.05) is 0 Å². The molecule has 0 heterocycles. The maximum Gasteiger partial charge on any atom is 0.167 e. The minimum absolute atomic E-state index is 0.0527. The second-order valence-corrected chi connectivity index (χ2v) is 4.15. The number of carbonyl (C=O) groups excluding carboxylic acids is 1. The molecule has 0 radical (unpaired) electrons. The van der Waals surface area contributed by atoms with E-state index in [1.165, 1.54) is 0 Å². The van der Waals surface area contributed by atoms with Crippen LogP contribution in [0.15, 0.2) is 10.5 Å². The van der Waals surface area contributed by atoms with Gasteiger partial charge >= 0.3 is 0 Å². The van der Waals surface area contributed by atoms with Crippen LogP contribution in [0.1, 0.15) is 27.9 Å². The van der Waals surface area contributed by atoms with Gasteiger partial charge in [0, 0.05) is 6.42 Å². The van der Waals surface area contributed by atoms with Crippen LogP contribution in [0.25, 0.3) is 0 Å². The minimum Gasteiger partial charge on any atom is -0.506 e. The average molecular weight is 241 g/mol. The van der Waals surface area contributed by atoms with Crippen molar-refractivity contribution in [1.29, 1.82) is 0 Å². The van der Waals surface area contributed by atoms with Gasteiger partial charge in [-0.2, -0.15) is 0 Å². The van der Waals surface area contributed by atoms with Crippen LogP contribution >= 0.6 is 15.9 Å². The van der Waals surface area contributed by atoms with Crippen molar-refractivity contribution in [2.45, 2.75) is 19.8 Å². The summed E-state index contributed by atoms with van der Waals surface area (Å²) in [6.07, 6.45) is 1.29. The fraction of sp³-hybridized carbons (Fsp3) is 0.300. The second kappa shape index (κ2) is 2.84. The summed E-state index contributed by atoms with van der Waals surface area (Å²) in [4.78, 5) is 11.4. The molecular formula is C10H9BrO2. The van der Waals surface area contributed by atoms with Crippen LogP contribution in [0.4, 0.5) is 0 Å². The molecule has 1 N–H and O–H groups in total. The van der Waals surface area contributed by atoms with Crippen molar-refractivity contribution in [3.8, 4) is 5.75 Å². The summed E-state index contributed by atoms with van der Waals surface area (Å²) in [6.45, 7) is 1.96. The summed E-state index contributed by atoms with van der Waals surface area (Å²) in [5, 5.41) is 9.65. The standard InChI is InChI=1S/C10H9BrO2/c1-5-4-7(11)10(13)9-6(5)2-3-8(9)12/h4,13H,2-3H2,1H3. The number of rotatable bonds is 0. The molecule has 0 saturated carbocycles. The van der Waals surface area contributed by atoms with Crippen LogP contribution in [0.2, 0.25) is 0 Å². The third kappa shape index (κ3) is 1.18. The van der Waals surface area contributed by atoms with Crippen LogP contribution < -0.4 is 0 Å². The van der Waals surface area contributed by atoms with Crippen LogP contribution in [-0.4, -0.2) is 10.9 Å². The molecule has 2 rings (SSSR count). The van der Waals surface area contributed by atoms with Crippen LogP contribution in [0.5, 0.6) is 5.75 Å². The van der Waals surface area contributed by atoms with Gasteiger partial charge in [-0.3, -0.25) is 4.79 Å². The van der Waals surface area contributed by atoms with Crippen molar-refractivity contribution < 1.29 is 9.90 Å². The van der Waals surface area contributed by atoms with Gasteiger partial charge < -0.3 is 5.11 Å². The lowest BCUT2D eigenvalue weighted by Crippen LogP contribution is -1.94. The van der Waals surface area contributed by atoms with E-state index >= 15 is 0 Å². The van der Waals surface area contributed by atoms with Gasteiger partial charge in [0.15, 0.2) is 5.78 Å². The number of benzene rings is 1. The largest absolute Gasteiger partial charge is 0.506 e. The smallest absolute Gasteiger partial charge is 0.167 e. The van der Waals surface area contributed by atoms with Gasteiger partial charge in [0.1, 0.15) is 5.75 Å². The highest BCUT2D eigenvalue weighted by atomic mass is 79.9. The van der Waals surface area contributed by atoms with E-state index in [2.05, 4.69) is 15.9 Å². The highest BCUT2D eigenvalue weighted by Gasteiger charge is 2.26. The van der Waals surface area contributed by atoms with E-state index in [0.717, 1.165) is 17.5 Å². The van der Waals surface area contributed by atoms with Gasteiger partial charge in [0.25, 0.3) is 0 Å². The molecule has 1 aromatic carbocycles. The first-order chi connectivity index (χ1) is 6.11. The number of ketones is 1. The molecular weight excluding hydrogens is 232 g/mol. The normalized spacial score (nSPS) is 14.8. The third-order valence-electron chi connectivity index (χ3n) is 2.46. The summed E-state index contributed by atoms with van der Waals surface area (Å²) >= 11 is 3.22. The minimum atomic E-state index is 0.0527. The number of aryl methyl sites for hydroxylation is 1. The zero-order chi connectivity index (χ0) is 9.59. The average Bonchev–Trinajstić information content (AvgIpc) is 2.44. The number of hydrogen-bond acceptors (Lipinski definition) is 2. The summed E-state index contributed by atoms with van der Waals surface area (Å²) in [7, 11) is 0. The van der Waals surface area contributed by atoms with E-state index in [4.69, 9.17) is 0 Å². The lowest BCUT2D eigenvalue weighted by Gasteiger charge is -2.06. The van der Waals surface area contributed by atoms with Gasteiger partial charge in [0.05, 0.1) is 10.0 Å². The SMILES string of the molecule is Cc1cc(Br)c(O)c2c1CCC2=O. The van der Waals surface area contributed by atoms with Crippen molar-refractivity contribution in [3.05, 3.63) is 27.2 Å². The molecule has 1 aromatic rings. The van der Waals surface area contributed by atoms with Crippen molar-refractivity contribution >= 4 is 21.7 Å². The molecule has 13 heavy (non-hydrogen) atoms. The third-order valence-corrected chi connectivity index (χ3v) is 3.07. The second-order valence-electron chi connectivity index (χ2n) is 3.30. The van der Waals surface area contributed by atoms with Gasteiger partial charge in [0.2, 0.25) is 0 Å². The maximum atomic E-state index is 11.4. The molecule has 68 valence electrons. The molecule has 0 aliphatic heterocycles. The lowest BCUT2D eigenvalue weighted by molar-refractivity contribution is 0.0992. The first-order valence-corrected chi connectivity index (χ1v) is 4.94. The van der Waals surface area contributed by atoms with Gasteiger partial charge in [-0.1, -0.05) is 0 Å². The summed E-state index contributed by atoms with van der Waals surface area (Å²) in [5.74, 6) is 0.153. The number of Topliss-reactive ketones (excluding diaryl/α,β-unsaturated/α-hetero) is 1. The molecule has 0 saturated heterocycles. The predicted molar refractivity (Wildman–Crippen MR) is 53.2 cm³/mol. The highest BCUT2D eigenvalue weighted by Crippen LogP contribution is 2.37. The zero-order valence-corrected chi connectivity index (χ0v) is 8.81. The van der Waals surface area contributed by atoms with Crippen molar-refractivity contribution in [3.63, 3.8) is 0 Å². The molecule has 0 fully saturated rings. The summed E-state index contributed by atoms with van der Waals surface area (Å²) < 4.78 is 0.610. The zero-order valence-electron chi connectivity index (χ0n) is 7.22. The molecule has 0 atom stereocenters. The monoisotopic (exact) mass is 240 g/mol. The number of fused-ring (bicyclic) bond motifs is 1. The fourth-order valence-corrected chi connectivity index (χ4v) is 2.33. The Balaban J connectivity index is 2.77.